The summed E-state index contributed by atoms with van der Waals surface area (Å²) in [6, 6.07) is 5.95. The van der Waals surface area contributed by atoms with Crippen LogP contribution >= 0.6 is 0 Å². The number of ether oxygens (including phenoxy) is 1. The number of carbonyl (C=O) groups is 1. The Balaban J connectivity index is 1.58. The fourth-order valence-corrected chi connectivity index (χ4v) is 5.80. The van der Waals surface area contributed by atoms with E-state index in [1.165, 1.54) is 18.1 Å². The number of aryl methyl sites for hydroxylation is 1. The Labute approximate surface area is 149 Å². The van der Waals surface area contributed by atoms with Gasteiger partial charge in [-0.3, -0.25) is 0 Å². The summed E-state index contributed by atoms with van der Waals surface area (Å²) < 4.78 is 5.26. The van der Waals surface area contributed by atoms with E-state index in [0.29, 0.717) is 23.5 Å². The van der Waals surface area contributed by atoms with Crippen LogP contribution in [0.2, 0.25) is 0 Å². The molecule has 2 fully saturated rings. The highest BCUT2D eigenvalue weighted by Gasteiger charge is 2.54. The van der Waals surface area contributed by atoms with E-state index in [1.54, 1.807) is 0 Å². The molecule has 4 unspecified atom stereocenters. The highest BCUT2D eigenvalue weighted by molar-refractivity contribution is 5.76. The molecule has 0 amide bonds. The molecule has 1 aromatic rings. The van der Waals surface area contributed by atoms with Crippen molar-refractivity contribution in [1.29, 1.82) is 0 Å². The third kappa shape index (κ3) is 2.70. The van der Waals surface area contributed by atoms with Crippen molar-refractivity contribution in [3.8, 4) is 5.75 Å². The third-order valence-electron chi connectivity index (χ3n) is 7.21. The number of fused-ring (bicyclic) bond motifs is 5. The average Bonchev–Trinajstić information content (AvgIpc) is 2.89. The Hall–Kier alpha value is -1.39. The van der Waals surface area contributed by atoms with Gasteiger partial charge in [0, 0.05) is 0 Å². The Morgan fingerprint density at radius 1 is 1.28 bits per heavy atom. The zero-order chi connectivity index (χ0) is 17.8. The summed E-state index contributed by atoms with van der Waals surface area (Å²) in [4.78, 5) is 11.6. The fraction of sp³-hybridized carbons (Fsp3) is 0.667. The SMILES string of the molecule is CC(O)C(=O)Oc1ccc2c(c1)CCC1C2CC[C@@]2(C)C1CC[C@@H]2O. The molecule has 3 aliphatic carbocycles. The van der Waals surface area contributed by atoms with Crippen LogP contribution < -0.4 is 4.74 Å². The van der Waals surface area contributed by atoms with Crippen molar-refractivity contribution in [1.82, 2.24) is 0 Å². The Bertz CT molecular complexity index is 682. The van der Waals surface area contributed by atoms with Gasteiger partial charge in [0.1, 0.15) is 11.9 Å². The number of aliphatic hydroxyl groups is 2. The van der Waals surface area contributed by atoms with Crippen LogP contribution in [0.3, 0.4) is 0 Å². The molecule has 6 atom stereocenters. The highest BCUT2D eigenvalue weighted by Crippen LogP contribution is 2.60. The zero-order valence-corrected chi connectivity index (χ0v) is 15.1. The fourth-order valence-electron chi connectivity index (χ4n) is 5.80. The molecule has 0 aliphatic heterocycles. The van der Waals surface area contributed by atoms with E-state index < -0.39 is 12.1 Å². The summed E-state index contributed by atoms with van der Waals surface area (Å²) in [5, 5.41) is 19.8. The van der Waals surface area contributed by atoms with E-state index in [-0.39, 0.29) is 11.5 Å². The predicted octanol–water partition coefficient (Wildman–Crippen LogP) is 3.19. The normalized spacial score (nSPS) is 37.6. The second-order valence-electron chi connectivity index (χ2n) is 8.51. The smallest absolute Gasteiger partial charge is 0.340 e. The molecule has 0 aromatic heterocycles. The van der Waals surface area contributed by atoms with Crippen molar-refractivity contribution in [3.63, 3.8) is 0 Å². The largest absolute Gasteiger partial charge is 0.425 e. The minimum Gasteiger partial charge on any atom is -0.425 e. The number of hydrogen-bond donors (Lipinski definition) is 2. The van der Waals surface area contributed by atoms with E-state index in [2.05, 4.69) is 13.0 Å². The first-order valence-corrected chi connectivity index (χ1v) is 9.61. The lowest BCUT2D eigenvalue weighted by Gasteiger charge is -2.50. The van der Waals surface area contributed by atoms with E-state index >= 15 is 0 Å². The Morgan fingerprint density at radius 2 is 2.08 bits per heavy atom. The van der Waals surface area contributed by atoms with Gasteiger partial charge in [-0.15, -0.1) is 0 Å². The quantitative estimate of drug-likeness (QED) is 0.639. The second-order valence-corrected chi connectivity index (χ2v) is 8.51. The van der Waals surface area contributed by atoms with Gasteiger partial charge in [0.05, 0.1) is 6.10 Å². The molecule has 136 valence electrons. The first kappa shape index (κ1) is 17.0. The number of aliphatic hydroxyl groups excluding tert-OH is 2. The molecule has 0 spiro atoms. The first-order valence-electron chi connectivity index (χ1n) is 9.61. The van der Waals surface area contributed by atoms with Crippen LogP contribution in [0.5, 0.6) is 5.75 Å². The Morgan fingerprint density at radius 3 is 2.84 bits per heavy atom. The van der Waals surface area contributed by atoms with Gasteiger partial charge < -0.3 is 14.9 Å². The molecule has 0 bridgehead atoms. The maximum absolute atomic E-state index is 11.6. The predicted molar refractivity (Wildman–Crippen MR) is 94.4 cm³/mol. The van der Waals surface area contributed by atoms with Crippen molar-refractivity contribution < 1.29 is 19.7 Å². The van der Waals surface area contributed by atoms with Crippen LogP contribution in [0.25, 0.3) is 0 Å². The molecular formula is C21H28O4. The lowest BCUT2D eigenvalue weighted by Crippen LogP contribution is -2.43. The van der Waals surface area contributed by atoms with Crippen LogP contribution in [0, 0.1) is 17.3 Å². The van der Waals surface area contributed by atoms with Crippen molar-refractivity contribution in [2.45, 2.75) is 70.5 Å². The lowest BCUT2D eigenvalue weighted by atomic mass is 9.55. The molecule has 0 heterocycles. The molecule has 25 heavy (non-hydrogen) atoms. The monoisotopic (exact) mass is 344 g/mol. The van der Waals surface area contributed by atoms with Gasteiger partial charge in [0.2, 0.25) is 0 Å². The highest BCUT2D eigenvalue weighted by atomic mass is 16.5. The minimum atomic E-state index is -1.11. The minimum absolute atomic E-state index is 0.103. The van der Waals surface area contributed by atoms with Gasteiger partial charge in [-0.05, 0) is 91.9 Å². The van der Waals surface area contributed by atoms with Gasteiger partial charge in [-0.1, -0.05) is 13.0 Å². The molecule has 4 nitrogen and oxygen atoms in total. The van der Waals surface area contributed by atoms with Crippen LogP contribution in [0.15, 0.2) is 18.2 Å². The molecule has 2 saturated carbocycles. The average molecular weight is 344 g/mol. The third-order valence-corrected chi connectivity index (χ3v) is 7.21. The number of rotatable bonds is 2. The topological polar surface area (TPSA) is 66.8 Å². The summed E-state index contributed by atoms with van der Waals surface area (Å²) in [7, 11) is 0. The molecule has 4 heteroatoms. The lowest BCUT2D eigenvalue weighted by molar-refractivity contribution is -0.142. The van der Waals surface area contributed by atoms with E-state index in [1.807, 2.05) is 12.1 Å². The summed E-state index contributed by atoms with van der Waals surface area (Å²) in [6.07, 6.45) is 5.24. The van der Waals surface area contributed by atoms with Crippen LogP contribution in [0.4, 0.5) is 0 Å². The van der Waals surface area contributed by atoms with Crippen molar-refractivity contribution in [3.05, 3.63) is 29.3 Å². The molecule has 2 N–H and O–H groups in total. The van der Waals surface area contributed by atoms with Crippen molar-refractivity contribution >= 4 is 5.97 Å². The van der Waals surface area contributed by atoms with Crippen molar-refractivity contribution in [2.24, 2.45) is 17.3 Å². The van der Waals surface area contributed by atoms with E-state index in [4.69, 9.17) is 4.74 Å². The summed E-state index contributed by atoms with van der Waals surface area (Å²) >= 11 is 0. The molecule has 3 aliphatic rings. The first-order chi connectivity index (χ1) is 11.9. The molecule has 1 aromatic carbocycles. The number of esters is 1. The van der Waals surface area contributed by atoms with Crippen LogP contribution in [-0.4, -0.2) is 28.4 Å². The molecular weight excluding hydrogens is 316 g/mol. The van der Waals surface area contributed by atoms with E-state index in [9.17, 15) is 15.0 Å². The second kappa shape index (κ2) is 6.10. The summed E-state index contributed by atoms with van der Waals surface area (Å²) in [5.74, 6) is 1.77. The van der Waals surface area contributed by atoms with Gasteiger partial charge >= 0.3 is 5.97 Å². The number of hydrogen-bond acceptors (Lipinski definition) is 4. The van der Waals surface area contributed by atoms with Crippen LogP contribution in [0.1, 0.15) is 63.0 Å². The summed E-state index contributed by atoms with van der Waals surface area (Å²) in [5.41, 5.74) is 2.78. The maximum atomic E-state index is 11.6. The van der Waals surface area contributed by atoms with Crippen molar-refractivity contribution in [2.75, 3.05) is 0 Å². The Kier molecular flexibility index (Phi) is 4.16. The number of carbonyl (C=O) groups excluding carboxylic acids is 1. The zero-order valence-electron chi connectivity index (χ0n) is 15.1. The number of benzene rings is 1. The maximum Gasteiger partial charge on any atom is 0.340 e. The van der Waals surface area contributed by atoms with Gasteiger partial charge in [-0.25, -0.2) is 4.79 Å². The van der Waals surface area contributed by atoms with Gasteiger partial charge in [-0.2, -0.15) is 0 Å². The van der Waals surface area contributed by atoms with Crippen LogP contribution in [-0.2, 0) is 11.2 Å². The standard InChI is InChI=1S/C21H28O4/c1-12(22)20(24)25-14-4-6-15-13(11-14)3-5-17-16(15)9-10-21(2)18(17)7-8-19(21)23/h4,6,11-12,16-19,22-23H,3,5,7-10H2,1-2H3/t12?,16?,17?,18?,19-,21-/m0/s1. The van der Waals surface area contributed by atoms with E-state index in [0.717, 1.165) is 38.5 Å². The van der Waals surface area contributed by atoms with Gasteiger partial charge in [0.25, 0.3) is 0 Å². The summed E-state index contributed by atoms with van der Waals surface area (Å²) in [6.45, 7) is 3.71. The molecule has 0 radical (unpaired) electrons. The molecule has 0 saturated heterocycles. The van der Waals surface area contributed by atoms with Gasteiger partial charge in [0.15, 0.2) is 0 Å². The molecule has 4 rings (SSSR count).